The topological polar surface area (TPSA) is 61.1 Å². The van der Waals surface area contributed by atoms with Gasteiger partial charge in [0.15, 0.2) is 0 Å². The number of carboxylic acids is 1. The fourth-order valence-corrected chi connectivity index (χ4v) is 2.14. The zero-order valence-corrected chi connectivity index (χ0v) is 9.88. The summed E-state index contributed by atoms with van der Waals surface area (Å²) in [5.74, 6) is -0.784. The quantitative estimate of drug-likeness (QED) is 0.796. The highest BCUT2D eigenvalue weighted by Crippen LogP contribution is 2.23. The Hall–Kier alpha value is -1.47. The van der Waals surface area contributed by atoms with Crippen molar-refractivity contribution in [2.45, 2.75) is 24.2 Å². The van der Waals surface area contributed by atoms with Crippen molar-refractivity contribution in [3.8, 4) is 6.07 Å². The zero-order valence-electron chi connectivity index (χ0n) is 9.06. The van der Waals surface area contributed by atoms with Crippen LogP contribution in [0.2, 0.25) is 0 Å². The predicted molar refractivity (Wildman–Crippen MR) is 63.5 cm³/mol. The lowest BCUT2D eigenvalue weighted by Crippen LogP contribution is -1.99. The molecule has 0 radical (unpaired) electrons. The molecule has 0 aliphatic heterocycles. The molecule has 0 fully saturated rings. The van der Waals surface area contributed by atoms with E-state index in [2.05, 4.69) is 6.07 Å². The van der Waals surface area contributed by atoms with Crippen LogP contribution in [0.15, 0.2) is 23.1 Å². The Morgan fingerprint density at radius 1 is 1.56 bits per heavy atom. The molecule has 4 heteroatoms. The van der Waals surface area contributed by atoms with Crippen molar-refractivity contribution in [2.24, 2.45) is 0 Å². The number of benzene rings is 1. The monoisotopic (exact) mass is 235 g/mol. The Bertz CT molecular complexity index is 424. The van der Waals surface area contributed by atoms with Gasteiger partial charge < -0.3 is 5.11 Å². The summed E-state index contributed by atoms with van der Waals surface area (Å²) in [7, 11) is 0. The minimum absolute atomic E-state index is 0.144. The van der Waals surface area contributed by atoms with E-state index < -0.39 is 5.97 Å². The fourth-order valence-electron chi connectivity index (χ4n) is 1.44. The molecule has 0 unspecified atom stereocenters. The first-order valence-electron chi connectivity index (χ1n) is 4.92. The molecular weight excluding hydrogens is 222 g/mol. The van der Waals surface area contributed by atoms with E-state index in [-0.39, 0.29) is 6.42 Å². The highest BCUT2D eigenvalue weighted by Gasteiger charge is 2.05. The summed E-state index contributed by atoms with van der Waals surface area (Å²) in [6, 6.07) is 7.87. The first kappa shape index (κ1) is 12.6. The molecule has 0 heterocycles. The summed E-state index contributed by atoms with van der Waals surface area (Å²) in [5.41, 5.74) is 2.02. The Morgan fingerprint density at radius 3 is 2.88 bits per heavy atom. The number of nitrogens with zero attached hydrogens (tertiary/aromatic N) is 1. The van der Waals surface area contributed by atoms with Crippen LogP contribution in [0.4, 0.5) is 0 Å². The third-order valence-corrected chi connectivity index (χ3v) is 3.06. The molecule has 0 aliphatic carbocycles. The molecule has 1 aromatic rings. The molecule has 0 atom stereocenters. The van der Waals surface area contributed by atoms with E-state index in [1.165, 1.54) is 0 Å². The summed E-state index contributed by atoms with van der Waals surface area (Å²) < 4.78 is 0. The van der Waals surface area contributed by atoms with Crippen molar-refractivity contribution < 1.29 is 9.90 Å². The predicted octanol–water partition coefficient (Wildman–Crippen LogP) is 2.49. The number of aliphatic carboxylic acids is 1. The lowest BCUT2D eigenvalue weighted by Gasteiger charge is -2.07. The van der Waals surface area contributed by atoms with Gasteiger partial charge in [-0.15, -0.1) is 11.8 Å². The number of thioether (sulfide) groups is 1. The van der Waals surface area contributed by atoms with E-state index in [0.717, 1.165) is 16.0 Å². The Morgan fingerprint density at radius 2 is 2.31 bits per heavy atom. The molecule has 0 amide bonds. The Kier molecular flexibility index (Phi) is 4.87. The molecule has 84 valence electrons. The van der Waals surface area contributed by atoms with E-state index in [4.69, 9.17) is 10.4 Å². The molecule has 1 aromatic carbocycles. The van der Waals surface area contributed by atoms with Crippen molar-refractivity contribution in [3.63, 3.8) is 0 Å². The minimum atomic E-state index is -0.784. The number of carbonyl (C=O) groups is 1. The maximum atomic E-state index is 10.5. The number of aryl methyl sites for hydroxylation is 1. The van der Waals surface area contributed by atoms with Crippen LogP contribution in [-0.4, -0.2) is 17.3 Å². The second-order valence-corrected chi connectivity index (χ2v) is 4.22. The number of carboxylic acid groups (broad SMARTS) is 1. The molecule has 16 heavy (non-hydrogen) atoms. The molecule has 3 nitrogen and oxygen atoms in total. The lowest BCUT2D eigenvalue weighted by atomic mass is 10.1. The Balaban J connectivity index is 2.85. The van der Waals surface area contributed by atoms with Gasteiger partial charge in [0.25, 0.3) is 0 Å². The summed E-state index contributed by atoms with van der Waals surface area (Å²) in [6.07, 6.45) is 3.03. The van der Waals surface area contributed by atoms with Gasteiger partial charge in [0.2, 0.25) is 0 Å². The van der Waals surface area contributed by atoms with E-state index in [0.29, 0.717) is 12.8 Å². The number of hydrogen-bond donors (Lipinski definition) is 1. The smallest absolute Gasteiger partial charge is 0.303 e. The van der Waals surface area contributed by atoms with Gasteiger partial charge in [-0.1, -0.05) is 12.1 Å². The van der Waals surface area contributed by atoms with Gasteiger partial charge >= 0.3 is 5.97 Å². The maximum Gasteiger partial charge on any atom is 0.303 e. The number of nitriles is 1. The molecular formula is C12H13NO2S. The van der Waals surface area contributed by atoms with Crippen LogP contribution in [0.25, 0.3) is 0 Å². The van der Waals surface area contributed by atoms with Crippen LogP contribution < -0.4 is 0 Å². The van der Waals surface area contributed by atoms with Crippen molar-refractivity contribution in [1.82, 2.24) is 0 Å². The normalized spacial score (nSPS) is 9.75. The van der Waals surface area contributed by atoms with Gasteiger partial charge in [0.05, 0.1) is 12.5 Å². The van der Waals surface area contributed by atoms with Gasteiger partial charge in [-0.25, -0.2) is 0 Å². The molecule has 0 bridgehead atoms. The van der Waals surface area contributed by atoms with Gasteiger partial charge in [-0.2, -0.15) is 5.26 Å². The van der Waals surface area contributed by atoms with Crippen molar-refractivity contribution >= 4 is 17.7 Å². The second-order valence-electron chi connectivity index (χ2n) is 3.37. The standard InChI is InChI=1S/C12H13NO2S/c1-16-11-8-9(6-7-13)2-3-10(11)4-5-12(14)15/h2-3,8H,4-6H2,1H3,(H,14,15). The summed E-state index contributed by atoms with van der Waals surface area (Å²) >= 11 is 1.58. The lowest BCUT2D eigenvalue weighted by molar-refractivity contribution is -0.136. The van der Waals surface area contributed by atoms with Gasteiger partial charge in [-0.05, 0) is 29.9 Å². The molecule has 0 aromatic heterocycles. The van der Waals surface area contributed by atoms with E-state index in [9.17, 15) is 4.79 Å². The average molecular weight is 235 g/mol. The molecule has 0 saturated heterocycles. The summed E-state index contributed by atoms with van der Waals surface area (Å²) in [4.78, 5) is 11.6. The molecule has 0 saturated carbocycles. The van der Waals surface area contributed by atoms with Crippen LogP contribution >= 0.6 is 11.8 Å². The number of hydrogen-bond acceptors (Lipinski definition) is 3. The second kappa shape index (κ2) is 6.19. The average Bonchev–Trinajstić information content (AvgIpc) is 2.27. The summed E-state index contributed by atoms with van der Waals surface area (Å²) in [5, 5.41) is 17.2. The third-order valence-electron chi connectivity index (χ3n) is 2.24. The van der Waals surface area contributed by atoms with Crippen molar-refractivity contribution in [2.75, 3.05) is 6.26 Å². The zero-order chi connectivity index (χ0) is 12.0. The fraction of sp³-hybridized carbons (Fsp3) is 0.333. The van der Waals surface area contributed by atoms with E-state index in [1.54, 1.807) is 11.8 Å². The first-order chi connectivity index (χ1) is 7.67. The highest BCUT2D eigenvalue weighted by molar-refractivity contribution is 7.98. The van der Waals surface area contributed by atoms with Crippen LogP contribution in [-0.2, 0) is 17.6 Å². The molecule has 0 aliphatic rings. The SMILES string of the molecule is CSc1cc(CC#N)ccc1CCC(=O)O. The van der Waals surface area contributed by atoms with E-state index >= 15 is 0 Å². The highest BCUT2D eigenvalue weighted by atomic mass is 32.2. The third kappa shape index (κ3) is 3.59. The summed E-state index contributed by atoms with van der Waals surface area (Å²) in [6.45, 7) is 0. The van der Waals surface area contributed by atoms with Crippen molar-refractivity contribution in [1.29, 1.82) is 5.26 Å². The van der Waals surface area contributed by atoms with Crippen LogP contribution in [0, 0.1) is 11.3 Å². The molecule has 0 spiro atoms. The van der Waals surface area contributed by atoms with Crippen molar-refractivity contribution in [3.05, 3.63) is 29.3 Å². The Labute approximate surface area is 99.1 Å². The van der Waals surface area contributed by atoms with E-state index in [1.807, 2.05) is 24.5 Å². The molecule has 1 rings (SSSR count). The largest absolute Gasteiger partial charge is 0.481 e. The first-order valence-corrected chi connectivity index (χ1v) is 6.14. The van der Waals surface area contributed by atoms with Crippen LogP contribution in [0.1, 0.15) is 17.5 Å². The van der Waals surface area contributed by atoms with Gasteiger partial charge in [0, 0.05) is 11.3 Å². The van der Waals surface area contributed by atoms with Gasteiger partial charge in [0.1, 0.15) is 0 Å². The molecule has 1 N–H and O–H groups in total. The van der Waals surface area contributed by atoms with Crippen LogP contribution in [0.3, 0.4) is 0 Å². The minimum Gasteiger partial charge on any atom is -0.481 e. The van der Waals surface area contributed by atoms with Crippen LogP contribution in [0.5, 0.6) is 0 Å². The maximum absolute atomic E-state index is 10.5. The van der Waals surface area contributed by atoms with Gasteiger partial charge in [-0.3, -0.25) is 4.79 Å². The number of rotatable bonds is 5.